The fourth-order valence-electron chi connectivity index (χ4n) is 3.17. The molecule has 5 aromatic rings. The van der Waals surface area contributed by atoms with Gasteiger partial charge in [-0.15, -0.1) is 0 Å². The first-order valence-electron chi connectivity index (χ1n) is 9.06. The smallest absolute Gasteiger partial charge is 0.274 e. The number of nitrogens with zero attached hydrogens (tertiary/aromatic N) is 2. The normalized spacial score (nSPS) is 12.1. The second kappa shape index (κ2) is 7.61. The molecule has 0 N–H and O–H groups in total. The second-order valence-electron chi connectivity index (χ2n) is 6.62. The molecule has 0 aliphatic carbocycles. The number of rotatable bonds is 4. The third-order valence-corrected chi connectivity index (χ3v) is 6.33. The average Bonchev–Trinajstić information content (AvgIpc) is 3.25. The van der Waals surface area contributed by atoms with Crippen LogP contribution in [0.2, 0.25) is 0 Å². The van der Waals surface area contributed by atoms with Crippen molar-refractivity contribution in [3.63, 3.8) is 0 Å². The highest BCUT2D eigenvalue weighted by Gasteiger charge is 2.10. The lowest BCUT2D eigenvalue weighted by molar-refractivity contribution is 0.306. The van der Waals surface area contributed by atoms with Gasteiger partial charge in [-0.05, 0) is 76.2 Å². The Balaban J connectivity index is 1.40. The SMILES string of the molecule is O=c1/c(=C/c2ccc(OCc3ccc(I)cc3)cc2)sc2nc3ccccc3n12. The van der Waals surface area contributed by atoms with E-state index >= 15 is 0 Å². The minimum Gasteiger partial charge on any atom is -0.489 e. The van der Waals surface area contributed by atoms with Crippen molar-refractivity contribution in [1.29, 1.82) is 0 Å². The average molecular weight is 510 g/mol. The van der Waals surface area contributed by atoms with Gasteiger partial charge in [-0.25, -0.2) is 9.38 Å². The zero-order chi connectivity index (χ0) is 19.8. The molecule has 0 saturated carbocycles. The van der Waals surface area contributed by atoms with Crippen molar-refractivity contribution in [3.05, 3.63) is 102 Å². The topological polar surface area (TPSA) is 43.6 Å². The van der Waals surface area contributed by atoms with E-state index in [9.17, 15) is 4.79 Å². The summed E-state index contributed by atoms with van der Waals surface area (Å²) in [5.74, 6) is 0.801. The number of fused-ring (bicyclic) bond motifs is 3. The summed E-state index contributed by atoms with van der Waals surface area (Å²) in [7, 11) is 0. The molecular formula is C23H15IN2O2S. The zero-order valence-corrected chi connectivity index (χ0v) is 18.2. The summed E-state index contributed by atoms with van der Waals surface area (Å²) in [5.41, 5.74) is 3.75. The molecule has 6 heteroatoms. The highest BCUT2D eigenvalue weighted by molar-refractivity contribution is 14.1. The summed E-state index contributed by atoms with van der Waals surface area (Å²) in [6.07, 6.45) is 1.90. The summed E-state index contributed by atoms with van der Waals surface area (Å²) >= 11 is 3.70. The minimum absolute atomic E-state index is 0.0299. The van der Waals surface area contributed by atoms with E-state index in [4.69, 9.17) is 4.74 Å². The van der Waals surface area contributed by atoms with Gasteiger partial charge in [0.05, 0.1) is 15.6 Å². The lowest BCUT2D eigenvalue weighted by atomic mass is 10.2. The molecule has 0 aliphatic rings. The predicted octanol–water partition coefficient (Wildman–Crippen LogP) is 4.64. The van der Waals surface area contributed by atoms with Crippen LogP contribution in [0.5, 0.6) is 5.75 Å². The molecule has 142 valence electrons. The van der Waals surface area contributed by atoms with Crippen LogP contribution >= 0.6 is 33.9 Å². The molecule has 3 aromatic carbocycles. The lowest BCUT2D eigenvalue weighted by Gasteiger charge is -2.06. The molecule has 2 aromatic heterocycles. The quantitative estimate of drug-likeness (QED) is 0.331. The van der Waals surface area contributed by atoms with Crippen molar-refractivity contribution in [2.24, 2.45) is 0 Å². The van der Waals surface area contributed by atoms with Crippen molar-refractivity contribution in [1.82, 2.24) is 9.38 Å². The summed E-state index contributed by atoms with van der Waals surface area (Å²) in [5, 5.41) is 0. The Bertz CT molecular complexity index is 1420. The van der Waals surface area contributed by atoms with E-state index in [0.717, 1.165) is 32.9 Å². The van der Waals surface area contributed by atoms with Crippen LogP contribution in [-0.2, 0) is 6.61 Å². The fourth-order valence-corrected chi connectivity index (χ4v) is 4.52. The van der Waals surface area contributed by atoms with Gasteiger partial charge in [0.25, 0.3) is 5.56 Å². The predicted molar refractivity (Wildman–Crippen MR) is 126 cm³/mol. The number of hydrogen-bond donors (Lipinski definition) is 0. The van der Waals surface area contributed by atoms with Crippen LogP contribution in [0.25, 0.3) is 22.1 Å². The van der Waals surface area contributed by atoms with E-state index in [1.807, 2.05) is 54.6 Å². The number of imidazole rings is 1. The van der Waals surface area contributed by atoms with Crippen molar-refractivity contribution >= 4 is 56.0 Å². The van der Waals surface area contributed by atoms with Crippen LogP contribution in [-0.4, -0.2) is 9.38 Å². The van der Waals surface area contributed by atoms with Crippen LogP contribution in [0.1, 0.15) is 11.1 Å². The van der Waals surface area contributed by atoms with Gasteiger partial charge in [0.15, 0.2) is 4.96 Å². The Morgan fingerprint density at radius 2 is 1.76 bits per heavy atom. The van der Waals surface area contributed by atoms with Crippen molar-refractivity contribution in [3.8, 4) is 5.75 Å². The number of benzene rings is 3. The molecule has 0 unspecified atom stereocenters. The maximum Gasteiger partial charge on any atom is 0.274 e. The number of thiazole rings is 1. The molecule has 0 radical (unpaired) electrons. The fraction of sp³-hybridized carbons (Fsp3) is 0.0435. The van der Waals surface area contributed by atoms with Crippen LogP contribution in [0.4, 0.5) is 0 Å². The van der Waals surface area contributed by atoms with Crippen molar-refractivity contribution < 1.29 is 4.74 Å². The molecule has 0 aliphatic heterocycles. The standard InChI is InChI=1S/C23H15IN2O2S/c24-17-9-5-16(6-10-17)14-28-18-11-7-15(8-12-18)13-21-22(27)26-20-4-2-1-3-19(20)25-23(26)29-21/h1-13H,14H2/b21-13-. The van der Waals surface area contributed by atoms with Gasteiger partial charge in [-0.2, -0.15) is 0 Å². The zero-order valence-electron chi connectivity index (χ0n) is 15.2. The molecule has 29 heavy (non-hydrogen) atoms. The summed E-state index contributed by atoms with van der Waals surface area (Å²) in [6, 6.07) is 23.7. The minimum atomic E-state index is -0.0299. The summed E-state index contributed by atoms with van der Waals surface area (Å²) < 4.78 is 9.42. The molecule has 0 fully saturated rings. The van der Waals surface area contributed by atoms with E-state index in [1.54, 1.807) is 4.40 Å². The maximum atomic E-state index is 12.8. The van der Waals surface area contributed by atoms with E-state index < -0.39 is 0 Å². The van der Waals surface area contributed by atoms with Crippen LogP contribution in [0, 0.1) is 3.57 Å². The molecule has 0 amide bonds. The Labute approximate surface area is 184 Å². The number of para-hydroxylation sites is 2. The Morgan fingerprint density at radius 1 is 1.00 bits per heavy atom. The second-order valence-corrected chi connectivity index (χ2v) is 8.87. The third kappa shape index (κ3) is 3.65. The van der Waals surface area contributed by atoms with Crippen molar-refractivity contribution in [2.45, 2.75) is 6.61 Å². The number of aromatic nitrogens is 2. The summed E-state index contributed by atoms with van der Waals surface area (Å²) in [4.78, 5) is 18.1. The van der Waals surface area contributed by atoms with Crippen LogP contribution in [0.3, 0.4) is 0 Å². The van der Waals surface area contributed by atoms with Crippen LogP contribution in [0.15, 0.2) is 77.6 Å². The largest absolute Gasteiger partial charge is 0.489 e. The van der Waals surface area contributed by atoms with Crippen molar-refractivity contribution in [2.75, 3.05) is 0 Å². The third-order valence-electron chi connectivity index (χ3n) is 4.64. The van der Waals surface area contributed by atoms with E-state index in [1.165, 1.54) is 14.9 Å². The molecule has 0 bridgehead atoms. The molecule has 4 nitrogen and oxygen atoms in total. The van der Waals surface area contributed by atoms with Gasteiger partial charge >= 0.3 is 0 Å². The number of halogens is 1. The van der Waals surface area contributed by atoms with E-state index in [2.05, 4.69) is 51.8 Å². The molecule has 0 spiro atoms. The molecule has 2 heterocycles. The maximum absolute atomic E-state index is 12.8. The van der Waals surface area contributed by atoms with Crippen LogP contribution < -0.4 is 14.8 Å². The number of hydrogen-bond acceptors (Lipinski definition) is 4. The first-order valence-corrected chi connectivity index (χ1v) is 11.0. The van der Waals surface area contributed by atoms with Gasteiger partial charge < -0.3 is 4.74 Å². The van der Waals surface area contributed by atoms with Gasteiger partial charge in [0.1, 0.15) is 12.4 Å². The molecule has 0 atom stereocenters. The Morgan fingerprint density at radius 3 is 2.55 bits per heavy atom. The van der Waals surface area contributed by atoms with Gasteiger partial charge in [-0.1, -0.05) is 47.7 Å². The monoisotopic (exact) mass is 510 g/mol. The van der Waals surface area contributed by atoms with E-state index in [-0.39, 0.29) is 5.56 Å². The van der Waals surface area contributed by atoms with Gasteiger partial charge in [0.2, 0.25) is 0 Å². The Kier molecular flexibility index (Phi) is 4.81. The van der Waals surface area contributed by atoms with Gasteiger partial charge in [0, 0.05) is 3.57 Å². The number of ether oxygens (including phenoxy) is 1. The highest BCUT2D eigenvalue weighted by Crippen LogP contribution is 2.17. The molecule has 0 saturated heterocycles. The van der Waals surface area contributed by atoms with E-state index in [0.29, 0.717) is 11.1 Å². The van der Waals surface area contributed by atoms with Gasteiger partial charge in [-0.3, -0.25) is 4.79 Å². The first kappa shape index (κ1) is 18.3. The Hall–Kier alpha value is -2.71. The summed E-state index contributed by atoms with van der Waals surface area (Å²) in [6.45, 7) is 0.528. The highest BCUT2D eigenvalue weighted by atomic mass is 127. The first-order chi connectivity index (χ1) is 14.2. The molecule has 5 rings (SSSR count). The molecular weight excluding hydrogens is 495 g/mol. The lowest BCUT2D eigenvalue weighted by Crippen LogP contribution is -2.22.